The zero-order valence-corrected chi connectivity index (χ0v) is 45.3. The topological polar surface area (TPSA) is 114 Å². The van der Waals surface area contributed by atoms with E-state index in [2.05, 4.69) is 38.2 Å². The number of quaternary nitrogens is 1. The Kier molecular flexibility index (Phi) is 46.1. The summed E-state index contributed by atoms with van der Waals surface area (Å²) in [6.07, 6.45) is 52.7. The maximum absolute atomic E-state index is 13.4. The molecule has 0 aliphatic heterocycles. The van der Waals surface area contributed by atoms with Crippen LogP contribution in [0.5, 0.6) is 0 Å². The molecule has 0 fully saturated rings. The van der Waals surface area contributed by atoms with Crippen LogP contribution < -0.4 is 10.2 Å². The maximum atomic E-state index is 13.4. The van der Waals surface area contributed by atoms with Crippen LogP contribution >= 0.6 is 7.82 Å². The Morgan fingerprint density at radius 1 is 0.515 bits per heavy atom. The third kappa shape index (κ3) is 47.6. The van der Waals surface area contributed by atoms with Gasteiger partial charge in [0.2, 0.25) is 5.91 Å². The van der Waals surface area contributed by atoms with E-state index in [1.54, 1.807) is 0 Å². The average molecular weight is 953 g/mol. The van der Waals surface area contributed by atoms with Crippen molar-refractivity contribution >= 4 is 19.7 Å². The maximum Gasteiger partial charge on any atom is 0.306 e. The van der Waals surface area contributed by atoms with E-state index in [4.69, 9.17) is 13.8 Å². The summed E-state index contributed by atoms with van der Waals surface area (Å²) < 4.78 is 30.2. The zero-order valence-electron chi connectivity index (χ0n) is 44.4. The summed E-state index contributed by atoms with van der Waals surface area (Å²) >= 11 is 0. The number of nitrogens with one attached hydrogen (secondary N) is 1. The number of unbranched alkanes of at least 4 members (excludes halogenated alkanes) is 33. The molecule has 0 heterocycles. The molecule has 1 amide bonds. The van der Waals surface area contributed by atoms with Crippen molar-refractivity contribution in [3.8, 4) is 0 Å². The molecular weight excluding hydrogens is 844 g/mol. The van der Waals surface area contributed by atoms with Crippen LogP contribution in [0.1, 0.15) is 271 Å². The van der Waals surface area contributed by atoms with Crippen LogP contribution in [0.2, 0.25) is 0 Å². The monoisotopic (exact) mass is 953 g/mol. The molecule has 0 aromatic carbocycles. The van der Waals surface area contributed by atoms with Crippen molar-refractivity contribution in [2.24, 2.45) is 0 Å². The first-order valence-corrected chi connectivity index (χ1v) is 29.6. The van der Waals surface area contributed by atoms with Gasteiger partial charge in [0, 0.05) is 12.8 Å². The summed E-state index contributed by atoms with van der Waals surface area (Å²) in [7, 11) is 1.19. The van der Waals surface area contributed by atoms with E-state index < -0.39 is 20.0 Å². The predicted octanol–water partition coefficient (Wildman–Crippen LogP) is 16.0. The van der Waals surface area contributed by atoms with Crippen molar-refractivity contribution in [2.75, 3.05) is 40.9 Å². The highest BCUT2D eigenvalue weighted by molar-refractivity contribution is 7.45. The van der Waals surface area contributed by atoms with Gasteiger partial charge in [-0.15, -0.1) is 0 Å². The van der Waals surface area contributed by atoms with Crippen LogP contribution in [0.15, 0.2) is 24.3 Å². The fourth-order valence-corrected chi connectivity index (χ4v) is 8.95. The number of hydrogen-bond donors (Lipinski definition) is 1. The van der Waals surface area contributed by atoms with E-state index in [1.165, 1.54) is 167 Å². The molecule has 66 heavy (non-hydrogen) atoms. The second-order valence-electron chi connectivity index (χ2n) is 20.4. The quantitative estimate of drug-likeness (QED) is 0.0212. The highest BCUT2D eigenvalue weighted by Gasteiger charge is 2.27. The number of carbonyl (C=O) groups excluding carboxylic acids is 2. The molecule has 10 heteroatoms. The van der Waals surface area contributed by atoms with E-state index in [-0.39, 0.29) is 31.5 Å². The van der Waals surface area contributed by atoms with Crippen molar-refractivity contribution in [3.63, 3.8) is 0 Å². The average Bonchev–Trinajstić information content (AvgIpc) is 3.27. The van der Waals surface area contributed by atoms with Crippen molar-refractivity contribution in [3.05, 3.63) is 24.3 Å². The second kappa shape index (κ2) is 47.2. The van der Waals surface area contributed by atoms with E-state index >= 15 is 0 Å². The Morgan fingerprint density at radius 2 is 0.879 bits per heavy atom. The molecule has 1 N–H and O–H groups in total. The number of hydrogen-bond acceptors (Lipinski definition) is 7. The van der Waals surface area contributed by atoms with Crippen LogP contribution in [0.3, 0.4) is 0 Å². The number of nitrogens with zero attached hydrogens (tertiary/aromatic N) is 1. The largest absolute Gasteiger partial charge is 0.756 e. The van der Waals surface area contributed by atoms with Gasteiger partial charge in [0.15, 0.2) is 0 Å². The molecule has 0 saturated heterocycles. The van der Waals surface area contributed by atoms with Crippen LogP contribution in [-0.4, -0.2) is 69.4 Å². The summed E-state index contributed by atoms with van der Waals surface area (Å²) in [6.45, 7) is 6.84. The Labute approximate surface area is 409 Å². The summed E-state index contributed by atoms with van der Waals surface area (Å²) in [4.78, 5) is 39.8. The van der Waals surface area contributed by atoms with Gasteiger partial charge in [-0.25, -0.2) is 0 Å². The van der Waals surface area contributed by atoms with E-state index in [0.717, 1.165) is 70.6 Å². The number of amides is 1. The van der Waals surface area contributed by atoms with Gasteiger partial charge in [-0.2, -0.15) is 0 Å². The number of allylic oxidation sites excluding steroid dienone is 3. The molecule has 0 aromatic rings. The Balaban J connectivity index is 5.33. The number of phosphoric ester groups is 1. The highest BCUT2D eigenvalue weighted by atomic mass is 31.2. The van der Waals surface area contributed by atoms with Gasteiger partial charge in [-0.05, 0) is 57.4 Å². The molecule has 3 atom stereocenters. The molecule has 9 nitrogen and oxygen atoms in total. The van der Waals surface area contributed by atoms with Crippen molar-refractivity contribution in [1.29, 1.82) is 0 Å². The second-order valence-corrected chi connectivity index (χ2v) is 21.9. The number of esters is 1. The molecule has 0 rings (SSSR count). The van der Waals surface area contributed by atoms with Gasteiger partial charge in [0.1, 0.15) is 19.3 Å². The molecule has 390 valence electrons. The Hall–Kier alpha value is -1.51. The minimum absolute atomic E-state index is 0.0198. The van der Waals surface area contributed by atoms with Crippen LogP contribution in [0.25, 0.3) is 0 Å². The fourth-order valence-electron chi connectivity index (χ4n) is 8.22. The van der Waals surface area contributed by atoms with Crippen LogP contribution in [0, 0.1) is 0 Å². The lowest BCUT2D eigenvalue weighted by molar-refractivity contribution is -0.870. The molecule has 0 aliphatic carbocycles. The molecule has 0 spiro atoms. The summed E-state index contributed by atoms with van der Waals surface area (Å²) in [5.74, 6) is -0.536. The molecule has 0 saturated carbocycles. The minimum atomic E-state index is -4.68. The lowest BCUT2D eigenvalue weighted by Gasteiger charge is -2.30. The van der Waals surface area contributed by atoms with Crippen LogP contribution in [-0.2, 0) is 27.9 Å². The molecule has 0 bridgehead atoms. The fraction of sp³-hybridized carbons (Fsp3) is 0.893. The number of carbonyl (C=O) groups is 2. The van der Waals surface area contributed by atoms with Gasteiger partial charge in [-0.3, -0.25) is 14.2 Å². The van der Waals surface area contributed by atoms with E-state index in [1.807, 2.05) is 33.3 Å². The summed E-state index contributed by atoms with van der Waals surface area (Å²) in [5, 5.41) is 3.02. The number of phosphoric acid groups is 1. The van der Waals surface area contributed by atoms with Gasteiger partial charge in [0.25, 0.3) is 7.82 Å². The molecule has 0 aliphatic rings. The van der Waals surface area contributed by atoms with E-state index in [0.29, 0.717) is 17.4 Å². The lowest BCUT2D eigenvalue weighted by atomic mass is 10.0. The first-order valence-electron chi connectivity index (χ1n) is 28.1. The molecule has 3 unspecified atom stereocenters. The first-order chi connectivity index (χ1) is 31.9. The number of likely N-dealkylation sites (N-methyl/N-ethyl adjacent to an activating group) is 1. The van der Waals surface area contributed by atoms with Gasteiger partial charge in [0.05, 0.1) is 33.8 Å². The SMILES string of the molecule is CCCCCC/C=C\CCCCCCCCCC(=O)OC(/C=C/CCCCCCCCCCC)C(COP(=O)([O-])OCC[N+](C)(C)C)NC(=O)CCCCCCCCCCCCCCCC. The molecular formula is C56H109N2O7P. The van der Waals surface area contributed by atoms with Crippen LogP contribution in [0.4, 0.5) is 0 Å². The van der Waals surface area contributed by atoms with Crippen molar-refractivity contribution < 1.29 is 37.3 Å². The summed E-state index contributed by atoms with van der Waals surface area (Å²) in [6, 6.07) is -0.882. The van der Waals surface area contributed by atoms with Gasteiger partial charge >= 0.3 is 5.97 Å². The Morgan fingerprint density at radius 3 is 1.30 bits per heavy atom. The minimum Gasteiger partial charge on any atom is -0.756 e. The van der Waals surface area contributed by atoms with Crippen molar-refractivity contribution in [1.82, 2.24) is 5.32 Å². The zero-order chi connectivity index (χ0) is 48.7. The molecule has 0 radical (unpaired) electrons. The summed E-state index contributed by atoms with van der Waals surface area (Å²) in [5.41, 5.74) is 0. The smallest absolute Gasteiger partial charge is 0.306 e. The van der Waals surface area contributed by atoms with Crippen molar-refractivity contribution in [2.45, 2.75) is 283 Å². The van der Waals surface area contributed by atoms with Gasteiger partial charge in [-0.1, -0.05) is 225 Å². The number of ether oxygens (including phenoxy) is 1. The third-order valence-electron chi connectivity index (χ3n) is 12.6. The number of rotatable bonds is 51. The molecule has 0 aromatic heterocycles. The van der Waals surface area contributed by atoms with Gasteiger partial charge < -0.3 is 28.5 Å². The lowest BCUT2D eigenvalue weighted by Crippen LogP contribution is -2.47. The Bertz CT molecular complexity index is 1190. The van der Waals surface area contributed by atoms with E-state index in [9.17, 15) is 19.0 Å². The predicted molar refractivity (Wildman–Crippen MR) is 280 cm³/mol. The first kappa shape index (κ1) is 64.5. The normalized spacial score (nSPS) is 14.0. The standard InChI is InChI=1S/C56H109N2O7P/c1-7-10-13-16-19-22-25-27-29-31-34-37-40-43-46-49-56(60)65-54(47-44-41-38-35-32-24-21-18-15-12-9-3)53(52-64-66(61,62)63-51-50-58(4,5)6)57-55(59)48-45-42-39-36-33-30-28-26-23-20-17-14-11-8-2/h22,25,44,47,53-54H,7-21,23-24,26-43,45-46,48-52H2,1-6H3,(H-,57,59,61,62)/b25-22-,47-44+. The third-order valence-corrected chi connectivity index (χ3v) is 13.6. The highest BCUT2D eigenvalue weighted by Crippen LogP contribution is 2.38.